The SMILES string of the molecule is Cc1cc(C2C3=CCC4C(=O)N(c5cccc(C(=O)O)c5)C(=O)C4C3CC3C(=O)N(c4ccccc4)C(=O)C32C)cc(C)c1O. The van der Waals surface area contributed by atoms with Gasteiger partial charge in [0.2, 0.25) is 23.6 Å². The van der Waals surface area contributed by atoms with Crippen LogP contribution in [-0.4, -0.2) is 39.8 Å². The number of aromatic hydroxyl groups is 1. The molecule has 4 aliphatic rings. The van der Waals surface area contributed by atoms with Crippen LogP contribution in [0.4, 0.5) is 11.4 Å². The van der Waals surface area contributed by atoms with Crippen molar-refractivity contribution >= 4 is 41.0 Å². The molecule has 45 heavy (non-hydrogen) atoms. The molecule has 1 saturated carbocycles. The number of phenolic OH excluding ortho intramolecular Hbond substituents is 1. The third-order valence-electron chi connectivity index (χ3n) is 10.5. The fourth-order valence-corrected chi connectivity index (χ4v) is 8.41. The van der Waals surface area contributed by atoms with E-state index in [2.05, 4.69) is 0 Å². The van der Waals surface area contributed by atoms with Gasteiger partial charge in [-0.1, -0.05) is 48.0 Å². The van der Waals surface area contributed by atoms with Gasteiger partial charge in [-0.15, -0.1) is 0 Å². The third-order valence-corrected chi connectivity index (χ3v) is 10.5. The van der Waals surface area contributed by atoms with E-state index < -0.39 is 52.8 Å². The standard InChI is InChI=1S/C36H32N2O7/c1-18-14-21(15-19(2)30(18)39)29-24-12-13-25-28(33(42)37(31(25)40)23-11-7-8-20(16-23)34(43)44)26(24)17-27-32(41)38(35(45)36(27,29)3)22-9-5-4-6-10-22/h4-12,14-16,25-29,39H,13,17H2,1-3H3,(H,43,44). The van der Waals surface area contributed by atoms with E-state index in [1.54, 1.807) is 44.2 Å². The number of fused-ring (bicyclic) bond motifs is 4. The van der Waals surface area contributed by atoms with Gasteiger partial charge in [0.25, 0.3) is 0 Å². The molecule has 228 valence electrons. The molecule has 0 spiro atoms. The normalized spacial score (nSPS) is 29.0. The van der Waals surface area contributed by atoms with Gasteiger partial charge < -0.3 is 10.2 Å². The first kappa shape index (κ1) is 28.7. The Morgan fingerprint density at radius 3 is 2.16 bits per heavy atom. The molecule has 7 rings (SSSR count). The maximum absolute atomic E-state index is 14.5. The molecule has 6 atom stereocenters. The highest BCUT2D eigenvalue weighted by atomic mass is 16.4. The molecule has 0 aromatic heterocycles. The number of benzene rings is 3. The van der Waals surface area contributed by atoms with Gasteiger partial charge >= 0.3 is 5.97 Å². The molecule has 2 aliphatic carbocycles. The highest BCUT2D eigenvalue weighted by Crippen LogP contribution is 2.64. The Balaban J connectivity index is 1.37. The topological polar surface area (TPSA) is 132 Å². The summed E-state index contributed by atoms with van der Waals surface area (Å²) in [7, 11) is 0. The van der Waals surface area contributed by atoms with Gasteiger partial charge in [0.05, 0.1) is 40.1 Å². The predicted octanol–water partition coefficient (Wildman–Crippen LogP) is 5.14. The van der Waals surface area contributed by atoms with E-state index in [0.29, 0.717) is 16.8 Å². The number of para-hydroxylation sites is 1. The Labute approximate surface area is 259 Å². The zero-order valence-corrected chi connectivity index (χ0v) is 25.1. The quantitative estimate of drug-likeness (QED) is 0.311. The molecule has 6 unspecified atom stereocenters. The van der Waals surface area contributed by atoms with E-state index in [9.17, 15) is 34.2 Å². The molecule has 0 radical (unpaired) electrons. The van der Waals surface area contributed by atoms with Crippen LogP contribution in [0.1, 0.15) is 52.7 Å². The van der Waals surface area contributed by atoms with Crippen molar-refractivity contribution in [1.82, 2.24) is 0 Å². The number of rotatable bonds is 4. The summed E-state index contributed by atoms with van der Waals surface area (Å²) in [6, 6.07) is 18.3. The van der Waals surface area contributed by atoms with Crippen LogP contribution in [0, 0.1) is 42.9 Å². The zero-order valence-electron chi connectivity index (χ0n) is 25.1. The number of hydrogen-bond donors (Lipinski definition) is 2. The Kier molecular flexibility index (Phi) is 6.37. The first-order valence-electron chi connectivity index (χ1n) is 15.1. The first-order valence-corrected chi connectivity index (χ1v) is 15.1. The number of allylic oxidation sites excluding steroid dienone is 2. The maximum Gasteiger partial charge on any atom is 0.335 e. The lowest BCUT2D eigenvalue weighted by atomic mass is 9.51. The van der Waals surface area contributed by atoms with Crippen molar-refractivity contribution in [3.63, 3.8) is 0 Å². The second-order valence-corrected chi connectivity index (χ2v) is 12.9. The number of anilines is 2. The molecule has 4 amide bonds. The van der Waals surface area contributed by atoms with Crippen molar-refractivity contribution in [1.29, 1.82) is 0 Å². The third kappa shape index (κ3) is 3.96. The van der Waals surface area contributed by atoms with E-state index in [-0.39, 0.29) is 41.7 Å². The van der Waals surface area contributed by atoms with Crippen molar-refractivity contribution < 1.29 is 34.2 Å². The molecule has 3 aromatic rings. The fourth-order valence-electron chi connectivity index (χ4n) is 8.41. The number of phenols is 1. The Hall–Kier alpha value is -5.05. The average molecular weight is 605 g/mol. The molecule has 2 saturated heterocycles. The minimum Gasteiger partial charge on any atom is -0.507 e. The van der Waals surface area contributed by atoms with Crippen molar-refractivity contribution in [2.75, 3.05) is 9.80 Å². The number of carboxylic acid groups (broad SMARTS) is 1. The van der Waals surface area contributed by atoms with Crippen LogP contribution >= 0.6 is 0 Å². The second-order valence-electron chi connectivity index (χ2n) is 12.9. The highest BCUT2D eigenvalue weighted by molar-refractivity contribution is 6.25. The number of nitrogens with zero attached hydrogens (tertiary/aromatic N) is 2. The van der Waals surface area contributed by atoms with E-state index in [1.807, 2.05) is 31.2 Å². The lowest BCUT2D eigenvalue weighted by Crippen LogP contribution is -2.49. The summed E-state index contributed by atoms with van der Waals surface area (Å²) >= 11 is 0. The van der Waals surface area contributed by atoms with Gasteiger partial charge in [0, 0.05) is 5.92 Å². The maximum atomic E-state index is 14.5. The van der Waals surface area contributed by atoms with E-state index in [4.69, 9.17) is 0 Å². The van der Waals surface area contributed by atoms with E-state index in [1.165, 1.54) is 23.1 Å². The Morgan fingerprint density at radius 2 is 1.49 bits per heavy atom. The van der Waals surface area contributed by atoms with Crippen molar-refractivity contribution in [2.45, 2.75) is 39.5 Å². The summed E-state index contributed by atoms with van der Waals surface area (Å²) in [6.07, 6.45) is 2.46. The molecule has 3 fully saturated rings. The summed E-state index contributed by atoms with van der Waals surface area (Å²) in [5.74, 6) is -5.80. The molecule has 2 heterocycles. The number of carbonyl (C=O) groups is 5. The van der Waals surface area contributed by atoms with Crippen LogP contribution in [-0.2, 0) is 19.2 Å². The van der Waals surface area contributed by atoms with Crippen LogP contribution in [0.15, 0.2) is 78.4 Å². The van der Waals surface area contributed by atoms with Crippen LogP contribution in [0.2, 0.25) is 0 Å². The van der Waals surface area contributed by atoms with E-state index >= 15 is 0 Å². The molecule has 9 heteroatoms. The Bertz CT molecular complexity index is 1840. The molecular weight excluding hydrogens is 572 g/mol. The molecule has 0 bridgehead atoms. The monoisotopic (exact) mass is 604 g/mol. The fraction of sp³-hybridized carbons (Fsp3) is 0.306. The molecule has 2 N–H and O–H groups in total. The van der Waals surface area contributed by atoms with E-state index in [0.717, 1.165) is 16.0 Å². The summed E-state index contributed by atoms with van der Waals surface area (Å²) in [6.45, 7) is 5.41. The summed E-state index contributed by atoms with van der Waals surface area (Å²) in [4.78, 5) is 70.8. The number of amides is 4. The number of hydrogen-bond acceptors (Lipinski definition) is 6. The van der Waals surface area contributed by atoms with Crippen LogP contribution < -0.4 is 9.80 Å². The smallest absolute Gasteiger partial charge is 0.335 e. The molecular formula is C36H32N2O7. The van der Waals surface area contributed by atoms with Crippen molar-refractivity contribution in [2.24, 2.45) is 29.1 Å². The van der Waals surface area contributed by atoms with Crippen LogP contribution in [0.3, 0.4) is 0 Å². The van der Waals surface area contributed by atoms with Crippen molar-refractivity contribution in [3.05, 3.63) is 101 Å². The largest absolute Gasteiger partial charge is 0.507 e. The summed E-state index contributed by atoms with van der Waals surface area (Å²) in [5, 5.41) is 20.1. The van der Waals surface area contributed by atoms with Crippen LogP contribution in [0.25, 0.3) is 0 Å². The zero-order chi connectivity index (χ0) is 31.9. The van der Waals surface area contributed by atoms with Gasteiger partial charge in [0.1, 0.15) is 5.75 Å². The first-order chi connectivity index (χ1) is 21.4. The molecule has 2 aliphatic heterocycles. The lowest BCUT2D eigenvalue weighted by Gasteiger charge is -2.49. The van der Waals surface area contributed by atoms with Crippen molar-refractivity contribution in [3.8, 4) is 5.75 Å². The highest BCUT2D eigenvalue weighted by Gasteiger charge is 2.67. The molecule has 3 aromatic carbocycles. The van der Waals surface area contributed by atoms with Crippen LogP contribution in [0.5, 0.6) is 5.75 Å². The van der Waals surface area contributed by atoms with Gasteiger partial charge in [0.15, 0.2) is 0 Å². The van der Waals surface area contributed by atoms with Gasteiger partial charge in [-0.2, -0.15) is 0 Å². The Morgan fingerprint density at radius 1 is 0.822 bits per heavy atom. The minimum atomic E-state index is -1.18. The van der Waals surface area contributed by atoms with Gasteiger partial charge in [-0.05, 0) is 86.6 Å². The summed E-state index contributed by atoms with van der Waals surface area (Å²) in [5.41, 5.74) is 2.34. The lowest BCUT2D eigenvalue weighted by molar-refractivity contribution is -0.131. The summed E-state index contributed by atoms with van der Waals surface area (Å²) < 4.78 is 0. The number of imide groups is 2. The second kappa shape index (κ2) is 9.99. The van der Waals surface area contributed by atoms with Gasteiger partial charge in [-0.25, -0.2) is 9.69 Å². The minimum absolute atomic E-state index is 0.0376. The number of aryl methyl sites for hydroxylation is 2. The predicted molar refractivity (Wildman–Crippen MR) is 165 cm³/mol. The van der Waals surface area contributed by atoms with Gasteiger partial charge in [-0.3, -0.25) is 24.1 Å². The number of carboxylic acids is 1. The number of aromatic carboxylic acids is 1. The number of carbonyl (C=O) groups excluding carboxylic acids is 4. The average Bonchev–Trinajstić information content (AvgIpc) is 3.39. The molecule has 9 nitrogen and oxygen atoms in total.